The Hall–Kier alpha value is -2.11. The second kappa shape index (κ2) is 8.06. The number of carbonyl (C=O) groups excluding carboxylic acids is 1. The van der Waals surface area contributed by atoms with Crippen molar-refractivity contribution in [1.29, 1.82) is 0 Å². The number of aryl methyl sites for hydroxylation is 1. The number of nitrogens with one attached hydrogen (secondary N) is 1. The van der Waals surface area contributed by atoms with Crippen LogP contribution in [0.1, 0.15) is 40.1 Å². The van der Waals surface area contributed by atoms with Crippen LogP contribution in [0.3, 0.4) is 0 Å². The maximum atomic E-state index is 12.8. The van der Waals surface area contributed by atoms with E-state index in [0.717, 1.165) is 15.6 Å². The third-order valence-corrected chi connectivity index (χ3v) is 5.29. The molecule has 0 aliphatic carbocycles. The fraction of sp³-hybridized carbons (Fsp3) is 0.200. The van der Waals surface area contributed by atoms with Gasteiger partial charge in [-0.15, -0.1) is 0 Å². The number of nitrogens with zero attached hydrogens (tertiary/aromatic N) is 2. The average molecular weight is 433 g/mol. The Morgan fingerprint density at radius 3 is 2.54 bits per heavy atom. The SMILES string of the molecule is Cc1nn(Cc2ccccc2)c(Cl)c1C(=O)NC(C)c1ccccc1Br. The Bertz CT molecular complexity index is 924. The predicted octanol–water partition coefficient (Wildman–Crippen LogP) is 5.15. The molecule has 0 saturated carbocycles. The molecule has 0 aliphatic rings. The number of amides is 1. The van der Waals surface area contributed by atoms with E-state index in [1.807, 2.05) is 61.5 Å². The van der Waals surface area contributed by atoms with E-state index in [1.54, 1.807) is 11.6 Å². The highest BCUT2D eigenvalue weighted by Gasteiger charge is 2.22. The van der Waals surface area contributed by atoms with Crippen molar-refractivity contribution in [1.82, 2.24) is 15.1 Å². The van der Waals surface area contributed by atoms with Gasteiger partial charge in [-0.2, -0.15) is 5.10 Å². The molecule has 4 nitrogen and oxygen atoms in total. The zero-order chi connectivity index (χ0) is 18.7. The van der Waals surface area contributed by atoms with E-state index < -0.39 is 0 Å². The molecule has 0 saturated heterocycles. The van der Waals surface area contributed by atoms with E-state index in [-0.39, 0.29) is 11.9 Å². The van der Waals surface area contributed by atoms with Crippen LogP contribution in [0.5, 0.6) is 0 Å². The van der Waals surface area contributed by atoms with Crippen LogP contribution in [0.25, 0.3) is 0 Å². The normalized spacial score (nSPS) is 12.0. The van der Waals surface area contributed by atoms with Gasteiger partial charge in [-0.25, -0.2) is 4.68 Å². The number of rotatable bonds is 5. The Morgan fingerprint density at radius 2 is 1.85 bits per heavy atom. The summed E-state index contributed by atoms with van der Waals surface area (Å²) in [5.74, 6) is -0.227. The fourth-order valence-electron chi connectivity index (χ4n) is 2.85. The quantitative estimate of drug-likeness (QED) is 0.606. The molecule has 1 atom stereocenters. The number of halogens is 2. The first-order chi connectivity index (χ1) is 12.5. The molecule has 0 aliphatic heterocycles. The highest BCUT2D eigenvalue weighted by Crippen LogP contribution is 2.25. The number of aromatic nitrogens is 2. The molecule has 0 bridgehead atoms. The standard InChI is InChI=1S/C20H19BrClN3O/c1-13(16-10-6-7-11-17(16)21)23-20(26)18-14(2)24-25(19(18)22)12-15-8-4-3-5-9-15/h3-11,13H,12H2,1-2H3,(H,23,26). The predicted molar refractivity (Wildman–Crippen MR) is 108 cm³/mol. The molecule has 1 unspecified atom stereocenters. The number of benzene rings is 2. The Labute approximate surface area is 166 Å². The zero-order valence-electron chi connectivity index (χ0n) is 14.5. The second-order valence-electron chi connectivity index (χ2n) is 6.11. The van der Waals surface area contributed by atoms with Crippen LogP contribution in [-0.4, -0.2) is 15.7 Å². The van der Waals surface area contributed by atoms with E-state index in [9.17, 15) is 4.79 Å². The third kappa shape index (κ3) is 4.00. The van der Waals surface area contributed by atoms with Crippen LogP contribution in [0.4, 0.5) is 0 Å². The van der Waals surface area contributed by atoms with Gasteiger partial charge in [-0.3, -0.25) is 4.79 Å². The van der Waals surface area contributed by atoms with E-state index in [4.69, 9.17) is 11.6 Å². The number of hydrogen-bond donors (Lipinski definition) is 1. The van der Waals surface area contributed by atoms with Crippen molar-refractivity contribution in [3.8, 4) is 0 Å². The average Bonchev–Trinajstić information content (AvgIpc) is 2.89. The fourth-order valence-corrected chi connectivity index (χ4v) is 3.79. The van der Waals surface area contributed by atoms with Crippen molar-refractivity contribution in [2.45, 2.75) is 26.4 Å². The van der Waals surface area contributed by atoms with Crippen LogP contribution in [0.15, 0.2) is 59.1 Å². The minimum absolute atomic E-state index is 0.161. The molecule has 3 rings (SSSR count). The van der Waals surface area contributed by atoms with Crippen LogP contribution in [-0.2, 0) is 6.54 Å². The molecule has 0 radical (unpaired) electrons. The van der Waals surface area contributed by atoms with Crippen molar-refractivity contribution in [3.63, 3.8) is 0 Å². The summed E-state index contributed by atoms with van der Waals surface area (Å²) < 4.78 is 2.61. The molecule has 1 amide bonds. The maximum Gasteiger partial charge on any atom is 0.256 e. The number of carbonyl (C=O) groups is 1. The van der Waals surface area contributed by atoms with E-state index in [2.05, 4.69) is 26.3 Å². The summed E-state index contributed by atoms with van der Waals surface area (Å²) >= 11 is 9.98. The van der Waals surface area contributed by atoms with Crippen molar-refractivity contribution in [2.75, 3.05) is 0 Å². The molecule has 1 heterocycles. The summed E-state index contributed by atoms with van der Waals surface area (Å²) in [7, 11) is 0. The summed E-state index contributed by atoms with van der Waals surface area (Å²) in [6.07, 6.45) is 0. The summed E-state index contributed by atoms with van der Waals surface area (Å²) in [4.78, 5) is 12.8. The molecule has 6 heteroatoms. The van der Waals surface area contributed by atoms with E-state index in [0.29, 0.717) is 23.0 Å². The number of hydrogen-bond acceptors (Lipinski definition) is 2. The lowest BCUT2D eigenvalue weighted by Crippen LogP contribution is -2.27. The van der Waals surface area contributed by atoms with Crippen molar-refractivity contribution in [3.05, 3.63) is 86.6 Å². The zero-order valence-corrected chi connectivity index (χ0v) is 16.9. The van der Waals surface area contributed by atoms with Crippen LogP contribution < -0.4 is 5.32 Å². The third-order valence-electron chi connectivity index (χ3n) is 4.19. The molecule has 0 spiro atoms. The minimum Gasteiger partial charge on any atom is -0.345 e. The topological polar surface area (TPSA) is 46.9 Å². The molecule has 1 aromatic heterocycles. The summed E-state index contributed by atoms with van der Waals surface area (Å²) in [5, 5.41) is 7.79. The molecule has 3 aromatic rings. The smallest absolute Gasteiger partial charge is 0.256 e. The monoisotopic (exact) mass is 431 g/mol. The lowest BCUT2D eigenvalue weighted by molar-refractivity contribution is 0.0939. The molecule has 26 heavy (non-hydrogen) atoms. The van der Waals surface area contributed by atoms with E-state index in [1.165, 1.54) is 0 Å². The molecule has 2 aromatic carbocycles. The first-order valence-electron chi connectivity index (χ1n) is 8.29. The Balaban J connectivity index is 1.80. The van der Waals surface area contributed by atoms with Gasteiger partial charge in [0.2, 0.25) is 0 Å². The molecular formula is C20H19BrClN3O. The van der Waals surface area contributed by atoms with Gasteiger partial charge in [-0.05, 0) is 31.0 Å². The molecule has 134 valence electrons. The first-order valence-corrected chi connectivity index (χ1v) is 9.46. The second-order valence-corrected chi connectivity index (χ2v) is 7.32. The largest absolute Gasteiger partial charge is 0.345 e. The van der Waals surface area contributed by atoms with Crippen molar-refractivity contribution >= 4 is 33.4 Å². The van der Waals surface area contributed by atoms with Crippen molar-refractivity contribution < 1.29 is 4.79 Å². The van der Waals surface area contributed by atoms with Gasteiger partial charge in [0.25, 0.3) is 5.91 Å². The maximum absolute atomic E-state index is 12.8. The Morgan fingerprint density at radius 1 is 1.19 bits per heavy atom. The summed E-state index contributed by atoms with van der Waals surface area (Å²) in [6, 6.07) is 17.5. The van der Waals surface area contributed by atoms with Gasteiger partial charge in [0, 0.05) is 4.47 Å². The van der Waals surface area contributed by atoms with Gasteiger partial charge >= 0.3 is 0 Å². The summed E-state index contributed by atoms with van der Waals surface area (Å²) in [5.41, 5.74) is 3.11. The summed E-state index contributed by atoms with van der Waals surface area (Å²) in [6.45, 7) is 4.26. The van der Waals surface area contributed by atoms with Gasteiger partial charge in [0.1, 0.15) is 5.15 Å². The van der Waals surface area contributed by atoms with Crippen molar-refractivity contribution in [2.24, 2.45) is 0 Å². The van der Waals surface area contributed by atoms with Gasteiger partial charge in [-0.1, -0.05) is 76.1 Å². The minimum atomic E-state index is -0.227. The Kier molecular flexibility index (Phi) is 5.79. The van der Waals surface area contributed by atoms with Crippen LogP contribution >= 0.6 is 27.5 Å². The highest BCUT2D eigenvalue weighted by molar-refractivity contribution is 9.10. The van der Waals surface area contributed by atoms with Gasteiger partial charge < -0.3 is 5.32 Å². The van der Waals surface area contributed by atoms with Gasteiger partial charge in [0.15, 0.2) is 0 Å². The molecular weight excluding hydrogens is 414 g/mol. The highest BCUT2D eigenvalue weighted by atomic mass is 79.9. The molecule has 0 fully saturated rings. The van der Waals surface area contributed by atoms with Gasteiger partial charge in [0.05, 0.1) is 23.8 Å². The lowest BCUT2D eigenvalue weighted by atomic mass is 10.1. The van der Waals surface area contributed by atoms with Crippen LogP contribution in [0, 0.1) is 6.92 Å². The van der Waals surface area contributed by atoms with E-state index >= 15 is 0 Å². The van der Waals surface area contributed by atoms with Crippen LogP contribution in [0.2, 0.25) is 5.15 Å². The first kappa shape index (κ1) is 18.7. The molecule has 1 N–H and O–H groups in total. The lowest BCUT2D eigenvalue weighted by Gasteiger charge is -2.15.